The number of piperidine rings is 1. The fraction of sp³-hybridized carbons (Fsp3) is 0.214. The van der Waals surface area contributed by atoms with Gasteiger partial charge in [0, 0.05) is 31.9 Å². The number of aromatic nitrogens is 1. The summed E-state index contributed by atoms with van der Waals surface area (Å²) >= 11 is 2.89. The molecule has 20 heavy (non-hydrogen) atoms. The Hall–Kier alpha value is -1.53. The van der Waals surface area contributed by atoms with Gasteiger partial charge >= 0.3 is 0 Å². The zero-order valence-corrected chi connectivity index (χ0v) is 12.2. The molecule has 0 aromatic carbocycles. The highest BCUT2D eigenvalue weighted by Gasteiger charge is 2.33. The molecule has 3 rings (SSSR count). The second-order valence-electron chi connectivity index (χ2n) is 4.43. The SMILES string of the molecule is O=C1CCN(Cc2cccnc2)C(=O)C1=C1SC=CS1. The van der Waals surface area contributed by atoms with Gasteiger partial charge in [-0.2, -0.15) is 0 Å². The molecule has 3 heterocycles. The van der Waals surface area contributed by atoms with E-state index in [1.165, 1.54) is 23.5 Å². The highest BCUT2D eigenvalue weighted by Crippen LogP contribution is 2.41. The molecule has 4 nitrogen and oxygen atoms in total. The average molecular weight is 304 g/mol. The molecule has 0 radical (unpaired) electrons. The number of thioether (sulfide) groups is 2. The zero-order valence-electron chi connectivity index (χ0n) is 10.6. The van der Waals surface area contributed by atoms with Gasteiger partial charge in [0.25, 0.3) is 5.91 Å². The summed E-state index contributed by atoms with van der Waals surface area (Å²) in [6.45, 7) is 0.978. The molecule has 1 aromatic rings. The van der Waals surface area contributed by atoms with Crippen molar-refractivity contribution in [1.29, 1.82) is 0 Å². The van der Waals surface area contributed by atoms with Gasteiger partial charge in [0.05, 0.1) is 4.24 Å². The number of hydrogen-bond acceptors (Lipinski definition) is 5. The van der Waals surface area contributed by atoms with Crippen molar-refractivity contribution >= 4 is 35.2 Å². The van der Waals surface area contributed by atoms with E-state index in [1.54, 1.807) is 17.3 Å². The van der Waals surface area contributed by atoms with Crippen molar-refractivity contribution in [1.82, 2.24) is 9.88 Å². The third-order valence-electron chi connectivity index (χ3n) is 3.09. The van der Waals surface area contributed by atoms with Crippen LogP contribution in [0.1, 0.15) is 12.0 Å². The van der Waals surface area contributed by atoms with E-state index in [9.17, 15) is 9.59 Å². The van der Waals surface area contributed by atoms with Crippen LogP contribution in [0.5, 0.6) is 0 Å². The highest BCUT2D eigenvalue weighted by atomic mass is 32.2. The molecule has 6 heteroatoms. The highest BCUT2D eigenvalue weighted by molar-refractivity contribution is 8.27. The van der Waals surface area contributed by atoms with Crippen molar-refractivity contribution in [3.63, 3.8) is 0 Å². The molecule has 1 aromatic heterocycles. The molecule has 2 aliphatic rings. The number of ketones is 1. The van der Waals surface area contributed by atoms with Crippen LogP contribution in [0.25, 0.3) is 0 Å². The summed E-state index contributed by atoms with van der Waals surface area (Å²) in [7, 11) is 0. The van der Waals surface area contributed by atoms with Gasteiger partial charge in [0.15, 0.2) is 5.78 Å². The lowest BCUT2D eigenvalue weighted by atomic mass is 10.0. The summed E-state index contributed by atoms with van der Waals surface area (Å²) < 4.78 is 0.802. The molecule has 0 atom stereocenters. The van der Waals surface area contributed by atoms with Gasteiger partial charge in [-0.05, 0) is 22.4 Å². The standard InChI is InChI=1S/C14H12N2O2S2/c17-11-3-5-16(9-10-2-1-4-15-8-10)13(18)12(11)14-19-6-7-20-14/h1-2,4,6-8H,3,5,9H2. The van der Waals surface area contributed by atoms with Crippen LogP contribution in [-0.2, 0) is 16.1 Å². The molecular formula is C14H12N2O2S2. The number of hydrogen-bond donors (Lipinski definition) is 0. The van der Waals surface area contributed by atoms with Crippen LogP contribution in [0.2, 0.25) is 0 Å². The fourth-order valence-electron chi connectivity index (χ4n) is 2.13. The first-order chi connectivity index (χ1) is 9.75. The second-order valence-corrected chi connectivity index (χ2v) is 6.52. The average Bonchev–Trinajstić information content (AvgIpc) is 2.97. The van der Waals surface area contributed by atoms with Gasteiger partial charge in [-0.3, -0.25) is 14.6 Å². The van der Waals surface area contributed by atoms with E-state index in [2.05, 4.69) is 4.98 Å². The van der Waals surface area contributed by atoms with Crippen molar-refractivity contribution in [3.8, 4) is 0 Å². The quantitative estimate of drug-likeness (QED) is 0.621. The van der Waals surface area contributed by atoms with Crippen molar-refractivity contribution in [2.45, 2.75) is 13.0 Å². The third kappa shape index (κ3) is 2.66. The van der Waals surface area contributed by atoms with Gasteiger partial charge in [0.2, 0.25) is 0 Å². The van der Waals surface area contributed by atoms with E-state index in [-0.39, 0.29) is 11.7 Å². The van der Waals surface area contributed by atoms with Crippen LogP contribution in [0.4, 0.5) is 0 Å². The van der Waals surface area contributed by atoms with E-state index < -0.39 is 0 Å². The molecular weight excluding hydrogens is 292 g/mol. The van der Waals surface area contributed by atoms with E-state index in [1.807, 2.05) is 22.9 Å². The first kappa shape index (κ1) is 13.5. The molecule has 102 valence electrons. The number of pyridine rings is 1. The maximum Gasteiger partial charge on any atom is 0.259 e. The summed E-state index contributed by atoms with van der Waals surface area (Å²) in [4.78, 5) is 30.3. The predicted molar refractivity (Wildman–Crippen MR) is 80.6 cm³/mol. The molecule has 2 aliphatic heterocycles. The van der Waals surface area contributed by atoms with Gasteiger partial charge in [-0.25, -0.2) is 0 Å². The maximum absolute atomic E-state index is 12.5. The van der Waals surface area contributed by atoms with Crippen LogP contribution in [-0.4, -0.2) is 28.1 Å². The molecule has 0 aliphatic carbocycles. The third-order valence-corrected chi connectivity index (χ3v) is 5.23. The largest absolute Gasteiger partial charge is 0.334 e. The Bertz CT molecular complexity index is 601. The lowest BCUT2D eigenvalue weighted by Crippen LogP contribution is -2.40. The minimum atomic E-state index is -0.163. The van der Waals surface area contributed by atoms with Crippen molar-refractivity contribution in [2.24, 2.45) is 0 Å². The van der Waals surface area contributed by atoms with Crippen molar-refractivity contribution < 1.29 is 9.59 Å². The van der Waals surface area contributed by atoms with E-state index in [0.29, 0.717) is 25.1 Å². The predicted octanol–water partition coefficient (Wildman–Crippen LogP) is 2.55. The first-order valence-corrected chi connectivity index (χ1v) is 7.95. The van der Waals surface area contributed by atoms with Gasteiger partial charge < -0.3 is 4.90 Å². The summed E-state index contributed by atoms with van der Waals surface area (Å²) in [6.07, 6.45) is 3.85. The van der Waals surface area contributed by atoms with E-state index >= 15 is 0 Å². The Balaban J connectivity index is 1.82. The Morgan fingerprint density at radius 1 is 1.25 bits per heavy atom. The number of carbonyl (C=O) groups is 2. The topological polar surface area (TPSA) is 50.3 Å². The molecule has 1 fully saturated rings. The molecule has 1 amide bonds. The Morgan fingerprint density at radius 3 is 2.75 bits per heavy atom. The minimum Gasteiger partial charge on any atom is -0.334 e. The van der Waals surface area contributed by atoms with Crippen LogP contribution in [0.15, 0.2) is 45.2 Å². The summed E-state index contributed by atoms with van der Waals surface area (Å²) in [5.74, 6) is -0.208. The number of Topliss-reactive ketones (excluding diaryl/α,β-unsaturated/α-hetero) is 1. The summed E-state index contributed by atoms with van der Waals surface area (Å²) in [5.41, 5.74) is 1.32. The lowest BCUT2D eigenvalue weighted by Gasteiger charge is -2.28. The number of nitrogens with zero attached hydrogens (tertiary/aromatic N) is 2. The van der Waals surface area contributed by atoms with Gasteiger partial charge in [-0.15, -0.1) is 0 Å². The van der Waals surface area contributed by atoms with Crippen molar-refractivity contribution in [2.75, 3.05) is 6.54 Å². The lowest BCUT2D eigenvalue weighted by molar-refractivity contribution is -0.133. The van der Waals surface area contributed by atoms with Crippen LogP contribution < -0.4 is 0 Å². The van der Waals surface area contributed by atoms with E-state index in [4.69, 9.17) is 0 Å². The molecule has 0 spiro atoms. The van der Waals surface area contributed by atoms with Gasteiger partial charge in [0.1, 0.15) is 5.57 Å². The molecule has 0 N–H and O–H groups in total. The van der Waals surface area contributed by atoms with Crippen LogP contribution in [0.3, 0.4) is 0 Å². The Kier molecular flexibility index (Phi) is 3.93. The van der Waals surface area contributed by atoms with Crippen LogP contribution in [0, 0.1) is 0 Å². The molecule has 0 unspecified atom stereocenters. The normalized spacial score (nSPS) is 19.1. The van der Waals surface area contributed by atoms with E-state index in [0.717, 1.165) is 9.80 Å². The number of rotatable bonds is 2. The zero-order chi connectivity index (χ0) is 13.9. The fourth-order valence-corrected chi connectivity index (χ4v) is 4.01. The smallest absolute Gasteiger partial charge is 0.259 e. The molecule has 0 saturated carbocycles. The monoisotopic (exact) mass is 304 g/mol. The van der Waals surface area contributed by atoms with Crippen LogP contribution >= 0.6 is 23.5 Å². The van der Waals surface area contributed by atoms with Crippen molar-refractivity contribution in [3.05, 3.63) is 50.7 Å². The number of carbonyl (C=O) groups excluding carboxylic acids is 2. The number of amides is 1. The summed E-state index contributed by atoms with van der Waals surface area (Å²) in [5, 5.41) is 3.79. The minimum absolute atomic E-state index is 0.0452. The first-order valence-electron chi connectivity index (χ1n) is 6.19. The number of likely N-dealkylation sites (tertiary alicyclic amines) is 1. The Morgan fingerprint density at radius 2 is 2.05 bits per heavy atom. The Labute approximate surface area is 125 Å². The summed E-state index contributed by atoms with van der Waals surface area (Å²) in [6, 6.07) is 3.78. The maximum atomic E-state index is 12.5. The molecule has 0 bridgehead atoms. The van der Waals surface area contributed by atoms with Gasteiger partial charge in [-0.1, -0.05) is 29.6 Å². The molecule has 1 saturated heterocycles. The second kappa shape index (κ2) is 5.85.